The molecule has 2 nitrogen and oxygen atoms in total. The first-order valence-electron chi connectivity index (χ1n) is 7.65. The van der Waals surface area contributed by atoms with Crippen LogP contribution in [0, 0.1) is 10.8 Å². The third-order valence-electron chi connectivity index (χ3n) is 4.19. The smallest absolute Gasteiger partial charge is 0.165 e. The highest BCUT2D eigenvalue weighted by Crippen LogP contribution is 2.40. The summed E-state index contributed by atoms with van der Waals surface area (Å²) in [6, 6.07) is 2.03. The number of hydrogen-bond acceptors (Lipinski definition) is 1. The minimum atomic E-state index is 0.0412. The molecule has 0 saturated carbocycles. The highest BCUT2D eigenvalue weighted by molar-refractivity contribution is 5.98. The van der Waals surface area contributed by atoms with Crippen LogP contribution in [0.15, 0.2) is 12.3 Å². The maximum Gasteiger partial charge on any atom is 0.165 e. The molecule has 0 aliphatic heterocycles. The third kappa shape index (κ3) is 2.99. The van der Waals surface area contributed by atoms with E-state index in [1.165, 1.54) is 5.69 Å². The van der Waals surface area contributed by atoms with Crippen molar-refractivity contribution in [3.8, 4) is 0 Å². The van der Waals surface area contributed by atoms with Crippen LogP contribution in [-0.2, 0) is 12.0 Å². The number of fused-ring (bicyclic) bond motifs is 1. The maximum atomic E-state index is 12.3. The molecule has 112 valence electrons. The maximum absolute atomic E-state index is 12.3. The molecule has 1 heterocycles. The summed E-state index contributed by atoms with van der Waals surface area (Å²) in [6.07, 6.45) is 4.88. The van der Waals surface area contributed by atoms with E-state index in [-0.39, 0.29) is 16.4 Å². The second-order valence-electron chi connectivity index (χ2n) is 9.04. The Morgan fingerprint density at radius 1 is 1.15 bits per heavy atom. The lowest BCUT2D eigenvalue weighted by atomic mass is 9.75. The molecule has 1 aromatic rings. The summed E-state index contributed by atoms with van der Waals surface area (Å²) in [5, 5.41) is 0. The van der Waals surface area contributed by atoms with Crippen LogP contribution in [0.2, 0.25) is 0 Å². The van der Waals surface area contributed by atoms with Gasteiger partial charge in [-0.2, -0.15) is 0 Å². The molecular formula is C18H29NO. The van der Waals surface area contributed by atoms with Gasteiger partial charge in [-0.3, -0.25) is 4.79 Å². The van der Waals surface area contributed by atoms with Crippen LogP contribution in [0.4, 0.5) is 0 Å². The lowest BCUT2D eigenvalue weighted by molar-refractivity contribution is 0.0906. The molecule has 0 bridgehead atoms. The Bertz CT molecular complexity index is 526. The van der Waals surface area contributed by atoms with Gasteiger partial charge in [-0.25, -0.2) is 0 Å². The van der Waals surface area contributed by atoms with Crippen LogP contribution in [0.25, 0.3) is 0 Å². The Hall–Kier alpha value is -1.05. The molecule has 1 aliphatic carbocycles. The van der Waals surface area contributed by atoms with Gasteiger partial charge in [0, 0.05) is 29.4 Å². The van der Waals surface area contributed by atoms with Crippen LogP contribution in [0.5, 0.6) is 0 Å². The second kappa shape index (κ2) is 4.47. The summed E-state index contributed by atoms with van der Waals surface area (Å²) in [5.74, 6) is 0.307. The van der Waals surface area contributed by atoms with E-state index in [1.54, 1.807) is 0 Å². The molecule has 0 radical (unpaired) electrons. The molecule has 0 aromatic carbocycles. The topological polar surface area (TPSA) is 22.0 Å². The van der Waals surface area contributed by atoms with Gasteiger partial charge in [-0.15, -0.1) is 0 Å². The van der Waals surface area contributed by atoms with E-state index in [1.807, 2.05) is 6.07 Å². The van der Waals surface area contributed by atoms with E-state index >= 15 is 0 Å². The van der Waals surface area contributed by atoms with Crippen molar-refractivity contribution in [2.45, 2.75) is 73.3 Å². The molecule has 0 fully saturated rings. The first kappa shape index (κ1) is 15.3. The van der Waals surface area contributed by atoms with Gasteiger partial charge in [0.25, 0.3) is 0 Å². The SMILES string of the molecule is CC(C)(C)CC(C)(C)n1ccc2c1CC(C)(C)CC2=O. The van der Waals surface area contributed by atoms with Crippen LogP contribution in [0.1, 0.15) is 77.4 Å². The van der Waals surface area contributed by atoms with E-state index < -0.39 is 0 Å². The molecule has 0 unspecified atom stereocenters. The van der Waals surface area contributed by atoms with E-state index in [4.69, 9.17) is 0 Å². The largest absolute Gasteiger partial charge is 0.345 e. The molecule has 2 rings (SSSR count). The molecule has 20 heavy (non-hydrogen) atoms. The average Bonchev–Trinajstić information content (AvgIpc) is 2.55. The Balaban J connectivity index is 2.43. The monoisotopic (exact) mass is 275 g/mol. The fraction of sp³-hybridized carbons (Fsp3) is 0.722. The lowest BCUT2D eigenvalue weighted by Crippen LogP contribution is -2.35. The van der Waals surface area contributed by atoms with Gasteiger partial charge in [0.15, 0.2) is 5.78 Å². The van der Waals surface area contributed by atoms with Crippen molar-refractivity contribution in [2.75, 3.05) is 0 Å². The summed E-state index contributed by atoms with van der Waals surface area (Å²) >= 11 is 0. The number of carbonyl (C=O) groups is 1. The van der Waals surface area contributed by atoms with Gasteiger partial charge < -0.3 is 4.57 Å². The molecule has 0 amide bonds. The number of hydrogen-bond donors (Lipinski definition) is 0. The number of aromatic nitrogens is 1. The van der Waals surface area contributed by atoms with Gasteiger partial charge in [-0.05, 0) is 43.6 Å². The van der Waals surface area contributed by atoms with Gasteiger partial charge in [-0.1, -0.05) is 34.6 Å². The van der Waals surface area contributed by atoms with E-state index in [9.17, 15) is 4.79 Å². The summed E-state index contributed by atoms with van der Waals surface area (Å²) in [4.78, 5) is 12.3. The predicted octanol–water partition coefficient (Wildman–Crippen LogP) is 4.81. The average molecular weight is 275 g/mol. The van der Waals surface area contributed by atoms with Crippen molar-refractivity contribution in [3.05, 3.63) is 23.5 Å². The molecular weight excluding hydrogens is 246 g/mol. The third-order valence-corrected chi connectivity index (χ3v) is 4.19. The number of nitrogens with zero attached hydrogens (tertiary/aromatic N) is 1. The molecule has 2 heteroatoms. The highest BCUT2D eigenvalue weighted by Gasteiger charge is 2.36. The zero-order valence-corrected chi connectivity index (χ0v) is 14.1. The molecule has 1 aromatic heterocycles. The number of Topliss-reactive ketones (excluding diaryl/α,β-unsaturated/α-hetero) is 1. The van der Waals surface area contributed by atoms with Crippen LogP contribution < -0.4 is 0 Å². The first-order valence-corrected chi connectivity index (χ1v) is 7.65. The summed E-state index contributed by atoms with van der Waals surface area (Å²) in [5.41, 5.74) is 2.58. The standard InChI is InChI=1S/C18H29NO/c1-16(2,3)12-18(6,7)19-9-8-13-14(19)10-17(4,5)11-15(13)20/h8-9H,10-12H2,1-7H3. The Kier molecular flexibility index (Phi) is 3.43. The van der Waals surface area contributed by atoms with Crippen molar-refractivity contribution in [2.24, 2.45) is 10.8 Å². The summed E-state index contributed by atoms with van der Waals surface area (Å²) < 4.78 is 2.35. The normalized spacial score (nSPS) is 19.1. The molecule has 0 N–H and O–H groups in total. The lowest BCUT2D eigenvalue weighted by Gasteiger charge is -2.38. The Morgan fingerprint density at radius 2 is 1.75 bits per heavy atom. The Morgan fingerprint density at radius 3 is 2.30 bits per heavy atom. The molecule has 1 aliphatic rings. The number of carbonyl (C=O) groups excluding carboxylic acids is 1. The van der Waals surface area contributed by atoms with Crippen LogP contribution >= 0.6 is 0 Å². The fourth-order valence-electron chi connectivity index (χ4n) is 3.90. The number of ketones is 1. The minimum Gasteiger partial charge on any atom is -0.345 e. The minimum absolute atomic E-state index is 0.0412. The van der Waals surface area contributed by atoms with E-state index in [0.29, 0.717) is 12.2 Å². The zero-order valence-electron chi connectivity index (χ0n) is 14.1. The summed E-state index contributed by atoms with van der Waals surface area (Å²) in [6.45, 7) is 15.8. The van der Waals surface area contributed by atoms with Crippen molar-refractivity contribution in [1.82, 2.24) is 4.57 Å². The van der Waals surface area contributed by atoms with Crippen molar-refractivity contribution < 1.29 is 4.79 Å². The van der Waals surface area contributed by atoms with Gasteiger partial charge in [0.2, 0.25) is 0 Å². The molecule has 0 saturated heterocycles. The molecule has 0 spiro atoms. The van der Waals surface area contributed by atoms with E-state index in [0.717, 1.165) is 18.4 Å². The van der Waals surface area contributed by atoms with E-state index in [2.05, 4.69) is 59.2 Å². The zero-order chi connectivity index (χ0) is 15.3. The summed E-state index contributed by atoms with van der Waals surface area (Å²) in [7, 11) is 0. The van der Waals surface area contributed by atoms with Crippen molar-refractivity contribution in [1.29, 1.82) is 0 Å². The number of rotatable bonds is 2. The van der Waals surface area contributed by atoms with Crippen LogP contribution in [0.3, 0.4) is 0 Å². The highest BCUT2D eigenvalue weighted by atomic mass is 16.1. The van der Waals surface area contributed by atoms with Crippen molar-refractivity contribution >= 4 is 5.78 Å². The molecule has 0 atom stereocenters. The Labute approximate surface area is 123 Å². The van der Waals surface area contributed by atoms with Gasteiger partial charge >= 0.3 is 0 Å². The van der Waals surface area contributed by atoms with Crippen LogP contribution in [-0.4, -0.2) is 10.4 Å². The second-order valence-corrected chi connectivity index (χ2v) is 9.04. The van der Waals surface area contributed by atoms with Gasteiger partial charge in [0.1, 0.15) is 0 Å². The first-order chi connectivity index (χ1) is 8.91. The van der Waals surface area contributed by atoms with Gasteiger partial charge in [0.05, 0.1) is 0 Å². The quantitative estimate of drug-likeness (QED) is 0.759. The fourth-order valence-corrected chi connectivity index (χ4v) is 3.90. The van der Waals surface area contributed by atoms with Crippen molar-refractivity contribution in [3.63, 3.8) is 0 Å². The predicted molar refractivity (Wildman–Crippen MR) is 84.3 cm³/mol.